The van der Waals surface area contributed by atoms with Crippen molar-refractivity contribution in [2.75, 3.05) is 17.7 Å². The molecule has 0 aliphatic rings. The summed E-state index contributed by atoms with van der Waals surface area (Å²) in [6, 6.07) is 8.34. The molecule has 3 aromatic rings. The smallest absolute Gasteiger partial charge is 0.341 e. The number of thiophene rings is 1. The van der Waals surface area contributed by atoms with E-state index in [1.165, 1.54) is 24.0 Å². The first-order chi connectivity index (χ1) is 14.3. The Morgan fingerprint density at radius 3 is 2.60 bits per heavy atom. The predicted molar refractivity (Wildman–Crippen MR) is 130 cm³/mol. The fourth-order valence-electron chi connectivity index (χ4n) is 3.10. The van der Waals surface area contributed by atoms with Gasteiger partial charge in [-0.2, -0.15) is 5.10 Å². The van der Waals surface area contributed by atoms with Crippen molar-refractivity contribution in [3.63, 3.8) is 0 Å². The summed E-state index contributed by atoms with van der Waals surface area (Å²) in [5.41, 5.74) is 3.89. The number of ether oxygens (including phenoxy) is 1. The molecular formula is C21H23BrN4O2S2. The molecule has 2 heterocycles. The number of esters is 1. The molecule has 2 aromatic heterocycles. The van der Waals surface area contributed by atoms with Crippen LogP contribution in [-0.2, 0) is 17.7 Å². The third-order valence-corrected chi connectivity index (χ3v) is 6.44. The van der Waals surface area contributed by atoms with Gasteiger partial charge in [-0.25, -0.2) is 4.79 Å². The Labute approximate surface area is 193 Å². The monoisotopic (exact) mass is 506 g/mol. The molecule has 3 rings (SSSR count). The van der Waals surface area contributed by atoms with Crippen LogP contribution in [0, 0.1) is 13.8 Å². The van der Waals surface area contributed by atoms with Gasteiger partial charge in [0.2, 0.25) is 0 Å². The fraction of sp³-hybridized carbons (Fsp3) is 0.286. The number of thiocarbonyl (C=S) groups is 1. The summed E-state index contributed by atoms with van der Waals surface area (Å²) in [7, 11) is 1.38. The number of halogens is 1. The maximum atomic E-state index is 12.3. The predicted octanol–water partition coefficient (Wildman–Crippen LogP) is 5.53. The Morgan fingerprint density at radius 2 is 1.97 bits per heavy atom. The normalized spacial score (nSPS) is 10.7. The van der Waals surface area contributed by atoms with Crippen LogP contribution >= 0.6 is 39.5 Å². The second-order valence-electron chi connectivity index (χ2n) is 6.77. The summed E-state index contributed by atoms with van der Waals surface area (Å²) >= 11 is 10.5. The number of rotatable bonds is 6. The molecule has 0 aliphatic carbocycles. The number of nitrogens with one attached hydrogen (secondary N) is 2. The van der Waals surface area contributed by atoms with Gasteiger partial charge in [-0.3, -0.25) is 4.68 Å². The Morgan fingerprint density at radius 1 is 1.27 bits per heavy atom. The van der Waals surface area contributed by atoms with E-state index < -0.39 is 0 Å². The van der Waals surface area contributed by atoms with E-state index in [9.17, 15) is 4.79 Å². The van der Waals surface area contributed by atoms with Crippen LogP contribution in [0.5, 0.6) is 0 Å². The third kappa shape index (κ3) is 5.08. The van der Waals surface area contributed by atoms with Crippen LogP contribution in [0.4, 0.5) is 10.8 Å². The molecule has 0 saturated heterocycles. The first-order valence-corrected chi connectivity index (χ1v) is 11.4. The van der Waals surface area contributed by atoms with Crippen LogP contribution in [-0.4, -0.2) is 28.0 Å². The Bertz CT molecular complexity index is 1070. The van der Waals surface area contributed by atoms with E-state index in [1.54, 1.807) is 0 Å². The number of nitrogens with zero attached hydrogens (tertiary/aromatic N) is 2. The zero-order valence-electron chi connectivity index (χ0n) is 17.2. The molecule has 0 fully saturated rings. The van der Waals surface area contributed by atoms with E-state index in [1.807, 2.05) is 24.7 Å². The average Bonchev–Trinajstić information content (AvgIpc) is 3.21. The maximum absolute atomic E-state index is 12.3. The molecule has 30 heavy (non-hydrogen) atoms. The van der Waals surface area contributed by atoms with Crippen LogP contribution in [0.25, 0.3) is 0 Å². The number of aryl methyl sites for hydroxylation is 2. The first kappa shape index (κ1) is 22.5. The van der Waals surface area contributed by atoms with Crippen molar-refractivity contribution in [2.24, 2.45) is 0 Å². The molecule has 0 amide bonds. The number of benzene rings is 1. The van der Waals surface area contributed by atoms with Gasteiger partial charge in [0.25, 0.3) is 0 Å². The molecule has 9 heteroatoms. The Hall–Kier alpha value is -2.23. The summed E-state index contributed by atoms with van der Waals surface area (Å²) < 4.78 is 7.59. The van der Waals surface area contributed by atoms with Gasteiger partial charge in [-0.05, 0) is 59.5 Å². The van der Waals surface area contributed by atoms with Gasteiger partial charge in [0.1, 0.15) is 5.00 Å². The van der Waals surface area contributed by atoms with E-state index >= 15 is 0 Å². The quantitative estimate of drug-likeness (QED) is 0.338. The lowest BCUT2D eigenvalue weighted by molar-refractivity contribution is 0.0601. The van der Waals surface area contributed by atoms with Gasteiger partial charge >= 0.3 is 5.97 Å². The molecule has 1 aromatic carbocycles. The number of aromatic nitrogens is 2. The van der Waals surface area contributed by atoms with Crippen molar-refractivity contribution < 1.29 is 9.53 Å². The summed E-state index contributed by atoms with van der Waals surface area (Å²) in [4.78, 5) is 13.3. The summed E-state index contributed by atoms with van der Waals surface area (Å²) in [5.74, 6) is 0.230. The maximum Gasteiger partial charge on any atom is 0.341 e. The highest BCUT2D eigenvalue weighted by Gasteiger charge is 2.22. The van der Waals surface area contributed by atoms with E-state index in [0.29, 0.717) is 28.0 Å². The van der Waals surface area contributed by atoms with Crippen molar-refractivity contribution in [3.05, 3.63) is 62.1 Å². The van der Waals surface area contributed by atoms with Crippen molar-refractivity contribution in [1.29, 1.82) is 0 Å². The summed E-state index contributed by atoms with van der Waals surface area (Å²) in [6.07, 6.45) is 2.64. The van der Waals surface area contributed by atoms with Gasteiger partial charge in [-0.1, -0.05) is 36.8 Å². The second-order valence-corrected chi connectivity index (χ2v) is 9.26. The highest BCUT2D eigenvalue weighted by atomic mass is 79.9. The van der Waals surface area contributed by atoms with Crippen LogP contribution in [0.3, 0.4) is 0 Å². The minimum Gasteiger partial charge on any atom is -0.465 e. The van der Waals surface area contributed by atoms with Crippen LogP contribution in [0.1, 0.15) is 38.8 Å². The second kappa shape index (κ2) is 9.72. The highest BCUT2D eigenvalue weighted by molar-refractivity contribution is 9.10. The Balaban J connectivity index is 1.73. The van der Waals surface area contributed by atoms with E-state index in [-0.39, 0.29) is 5.97 Å². The molecule has 0 saturated carbocycles. The SMILES string of the molecule is CCc1c(C)sc(NC(=S)Nc2nn(Cc3ccc(C)cc3)cc2Br)c1C(=O)OC. The Kier molecular flexibility index (Phi) is 7.27. The molecule has 0 atom stereocenters. The lowest BCUT2D eigenvalue weighted by Crippen LogP contribution is -2.21. The van der Waals surface area contributed by atoms with Gasteiger partial charge in [-0.15, -0.1) is 11.3 Å². The van der Waals surface area contributed by atoms with E-state index in [0.717, 1.165) is 26.9 Å². The minimum atomic E-state index is -0.370. The molecule has 158 valence electrons. The van der Waals surface area contributed by atoms with E-state index in [2.05, 4.69) is 62.9 Å². The zero-order chi connectivity index (χ0) is 21.8. The molecule has 0 unspecified atom stereocenters. The van der Waals surface area contributed by atoms with Crippen molar-refractivity contribution in [1.82, 2.24) is 9.78 Å². The summed E-state index contributed by atoms with van der Waals surface area (Å²) in [6.45, 7) is 6.71. The number of carbonyl (C=O) groups is 1. The van der Waals surface area contributed by atoms with Gasteiger partial charge in [0, 0.05) is 11.1 Å². The van der Waals surface area contributed by atoms with Gasteiger partial charge in [0.15, 0.2) is 10.9 Å². The molecule has 0 aliphatic heterocycles. The van der Waals surface area contributed by atoms with Gasteiger partial charge in [0.05, 0.1) is 23.7 Å². The molecule has 6 nitrogen and oxygen atoms in total. The topological polar surface area (TPSA) is 68.2 Å². The number of hydrogen-bond donors (Lipinski definition) is 2. The van der Waals surface area contributed by atoms with Crippen molar-refractivity contribution >= 4 is 61.4 Å². The fourth-order valence-corrected chi connectivity index (χ4v) is 4.91. The lowest BCUT2D eigenvalue weighted by Gasteiger charge is -2.10. The number of hydrogen-bond acceptors (Lipinski definition) is 5. The molecule has 2 N–H and O–H groups in total. The standard InChI is InChI=1S/C21H23BrN4O2S2/c1-5-15-13(3)30-19(17(15)20(27)28-4)24-21(29)23-18-16(22)11-26(25-18)10-14-8-6-12(2)7-9-14/h6-9,11H,5,10H2,1-4H3,(H2,23,24,25,29). The summed E-state index contributed by atoms with van der Waals surface area (Å²) in [5, 5.41) is 11.8. The molecule has 0 spiro atoms. The van der Waals surface area contributed by atoms with E-state index in [4.69, 9.17) is 17.0 Å². The largest absolute Gasteiger partial charge is 0.465 e. The van der Waals surface area contributed by atoms with Crippen LogP contribution in [0.2, 0.25) is 0 Å². The molecule has 0 radical (unpaired) electrons. The van der Waals surface area contributed by atoms with Crippen molar-refractivity contribution in [2.45, 2.75) is 33.7 Å². The molecule has 0 bridgehead atoms. The van der Waals surface area contributed by atoms with Gasteiger partial charge < -0.3 is 15.4 Å². The van der Waals surface area contributed by atoms with Crippen LogP contribution in [0.15, 0.2) is 34.9 Å². The first-order valence-electron chi connectivity index (χ1n) is 9.39. The third-order valence-electron chi connectivity index (χ3n) is 4.59. The number of anilines is 2. The lowest BCUT2D eigenvalue weighted by atomic mass is 10.1. The van der Waals surface area contributed by atoms with Crippen LogP contribution < -0.4 is 10.6 Å². The molecular weight excluding hydrogens is 484 g/mol. The average molecular weight is 507 g/mol. The number of carbonyl (C=O) groups excluding carboxylic acids is 1. The minimum absolute atomic E-state index is 0.352. The van der Waals surface area contributed by atoms with Crippen molar-refractivity contribution in [3.8, 4) is 0 Å². The number of methoxy groups -OCH3 is 1. The zero-order valence-corrected chi connectivity index (χ0v) is 20.4. The highest BCUT2D eigenvalue weighted by Crippen LogP contribution is 2.34.